The minimum absolute atomic E-state index is 0.00370. The molecule has 0 bridgehead atoms. The fourth-order valence-electron chi connectivity index (χ4n) is 2.86. The van der Waals surface area contributed by atoms with Gasteiger partial charge in [0.15, 0.2) is 6.61 Å². The van der Waals surface area contributed by atoms with Gasteiger partial charge in [-0.2, -0.15) is 0 Å². The topological polar surface area (TPSA) is 67.9 Å². The van der Waals surface area contributed by atoms with Crippen LogP contribution in [0, 0.1) is 0 Å². The molecule has 6 heteroatoms. The Labute approximate surface area is 129 Å². The van der Waals surface area contributed by atoms with Crippen LogP contribution in [-0.4, -0.2) is 43.7 Å². The number of benzene rings is 1. The number of nitrogens with one attached hydrogen (secondary N) is 1. The van der Waals surface area contributed by atoms with Gasteiger partial charge in [0.1, 0.15) is 12.3 Å². The van der Waals surface area contributed by atoms with Gasteiger partial charge in [0.25, 0.3) is 5.91 Å². The summed E-state index contributed by atoms with van der Waals surface area (Å²) in [4.78, 5) is 25.7. The van der Waals surface area contributed by atoms with Gasteiger partial charge in [-0.1, -0.05) is 12.1 Å². The Balaban J connectivity index is 1.64. The number of nitrogens with zero attached hydrogens (tertiary/aromatic N) is 1. The first-order valence-corrected chi connectivity index (χ1v) is 7.58. The van der Waals surface area contributed by atoms with E-state index in [1.54, 1.807) is 12.1 Å². The molecule has 2 aliphatic rings. The summed E-state index contributed by atoms with van der Waals surface area (Å²) in [7, 11) is 0. The first-order valence-electron chi connectivity index (χ1n) is 7.58. The van der Waals surface area contributed by atoms with Crippen molar-refractivity contribution in [1.29, 1.82) is 0 Å². The fourth-order valence-corrected chi connectivity index (χ4v) is 2.86. The van der Waals surface area contributed by atoms with Crippen molar-refractivity contribution < 1.29 is 19.1 Å². The Kier molecular flexibility index (Phi) is 4.29. The molecule has 118 valence electrons. The van der Waals surface area contributed by atoms with Crippen LogP contribution in [-0.2, 0) is 14.3 Å². The molecular formula is C16H20N2O4. The highest BCUT2D eigenvalue weighted by molar-refractivity contribution is 6.02. The Hall–Kier alpha value is -2.08. The van der Waals surface area contributed by atoms with Gasteiger partial charge in [0, 0.05) is 6.61 Å². The van der Waals surface area contributed by atoms with Crippen LogP contribution in [0.4, 0.5) is 5.69 Å². The predicted molar refractivity (Wildman–Crippen MR) is 80.9 cm³/mol. The van der Waals surface area contributed by atoms with E-state index in [-0.39, 0.29) is 37.1 Å². The summed E-state index contributed by atoms with van der Waals surface area (Å²) >= 11 is 0. The standard InChI is InChI=1S/C16H20N2O4/c1-11(13-7-4-8-21-13)17-15(19)9-18-12-5-2-3-6-14(12)22-10-16(18)20/h2-3,5-6,11,13H,4,7-10H2,1H3,(H,17,19)/t11-,13+/m1/s1. The number of amides is 2. The van der Waals surface area contributed by atoms with Crippen LogP contribution in [0.3, 0.4) is 0 Å². The zero-order valence-corrected chi connectivity index (χ0v) is 12.6. The van der Waals surface area contributed by atoms with Crippen molar-refractivity contribution in [2.24, 2.45) is 0 Å². The maximum atomic E-state index is 12.2. The highest BCUT2D eigenvalue weighted by Crippen LogP contribution is 2.31. The molecule has 3 rings (SSSR count). The molecule has 0 unspecified atom stereocenters. The number of ether oxygens (including phenoxy) is 2. The zero-order chi connectivity index (χ0) is 15.5. The number of para-hydroxylation sites is 2. The van der Waals surface area contributed by atoms with E-state index < -0.39 is 0 Å². The number of hydrogen-bond donors (Lipinski definition) is 1. The Bertz CT molecular complexity index is 569. The van der Waals surface area contributed by atoms with Crippen LogP contribution < -0.4 is 15.0 Å². The second kappa shape index (κ2) is 6.36. The van der Waals surface area contributed by atoms with E-state index >= 15 is 0 Å². The summed E-state index contributed by atoms with van der Waals surface area (Å²) in [6, 6.07) is 7.18. The molecule has 1 fully saturated rings. The third kappa shape index (κ3) is 3.06. The molecule has 1 saturated heterocycles. The van der Waals surface area contributed by atoms with Gasteiger partial charge in [-0.15, -0.1) is 0 Å². The predicted octanol–water partition coefficient (Wildman–Crippen LogP) is 1.10. The summed E-state index contributed by atoms with van der Waals surface area (Å²) in [6.07, 6.45) is 2.05. The average molecular weight is 304 g/mol. The van der Waals surface area contributed by atoms with Gasteiger partial charge in [-0.3, -0.25) is 14.5 Å². The third-order valence-corrected chi connectivity index (χ3v) is 4.02. The zero-order valence-electron chi connectivity index (χ0n) is 12.6. The molecule has 1 aromatic carbocycles. The van der Waals surface area contributed by atoms with Gasteiger partial charge in [-0.05, 0) is 31.9 Å². The van der Waals surface area contributed by atoms with Gasteiger partial charge < -0.3 is 14.8 Å². The highest BCUT2D eigenvalue weighted by Gasteiger charge is 2.29. The average Bonchev–Trinajstić information content (AvgIpc) is 3.04. The Morgan fingerprint density at radius 2 is 2.27 bits per heavy atom. The maximum absolute atomic E-state index is 12.2. The number of carbonyl (C=O) groups excluding carboxylic acids is 2. The lowest BCUT2D eigenvalue weighted by molar-refractivity contribution is -0.126. The molecule has 0 radical (unpaired) electrons. The number of anilines is 1. The lowest BCUT2D eigenvalue weighted by Crippen LogP contribution is -2.49. The smallest absolute Gasteiger partial charge is 0.265 e. The van der Waals surface area contributed by atoms with Crippen molar-refractivity contribution in [2.75, 3.05) is 24.7 Å². The monoisotopic (exact) mass is 304 g/mol. The molecule has 2 atom stereocenters. The Morgan fingerprint density at radius 3 is 3.05 bits per heavy atom. The van der Waals surface area contributed by atoms with Crippen molar-refractivity contribution >= 4 is 17.5 Å². The molecule has 2 amide bonds. The van der Waals surface area contributed by atoms with E-state index in [0.717, 1.165) is 19.4 Å². The lowest BCUT2D eigenvalue weighted by atomic mass is 10.1. The van der Waals surface area contributed by atoms with Gasteiger partial charge in [0.2, 0.25) is 5.91 Å². The van der Waals surface area contributed by atoms with Gasteiger partial charge >= 0.3 is 0 Å². The summed E-state index contributed by atoms with van der Waals surface area (Å²) in [5, 5.41) is 2.92. The van der Waals surface area contributed by atoms with E-state index in [0.29, 0.717) is 11.4 Å². The fraction of sp³-hybridized carbons (Fsp3) is 0.500. The second-order valence-corrected chi connectivity index (χ2v) is 5.64. The van der Waals surface area contributed by atoms with E-state index in [1.165, 1.54) is 4.90 Å². The summed E-state index contributed by atoms with van der Waals surface area (Å²) in [5.74, 6) is 0.230. The van der Waals surface area contributed by atoms with E-state index in [9.17, 15) is 9.59 Å². The molecular weight excluding hydrogens is 284 g/mol. The molecule has 0 aromatic heterocycles. The van der Waals surface area contributed by atoms with Crippen LogP contribution in [0.5, 0.6) is 5.75 Å². The van der Waals surface area contributed by atoms with Crippen LogP contribution in [0.1, 0.15) is 19.8 Å². The molecule has 0 spiro atoms. The first kappa shape index (κ1) is 14.8. The minimum Gasteiger partial charge on any atom is -0.482 e. The SMILES string of the molecule is C[C@@H](NC(=O)CN1C(=O)COc2ccccc21)[C@@H]1CCCO1. The summed E-state index contributed by atoms with van der Waals surface area (Å²) in [5.41, 5.74) is 0.638. The molecule has 2 heterocycles. The summed E-state index contributed by atoms with van der Waals surface area (Å²) in [6.45, 7) is 2.64. The van der Waals surface area contributed by atoms with Crippen molar-refractivity contribution in [3.05, 3.63) is 24.3 Å². The molecule has 2 aliphatic heterocycles. The molecule has 0 saturated carbocycles. The van der Waals surface area contributed by atoms with E-state index in [4.69, 9.17) is 9.47 Å². The lowest BCUT2D eigenvalue weighted by Gasteiger charge is -2.29. The van der Waals surface area contributed by atoms with E-state index in [1.807, 2.05) is 19.1 Å². The van der Waals surface area contributed by atoms with Crippen LogP contribution in [0.2, 0.25) is 0 Å². The molecule has 1 N–H and O–H groups in total. The number of hydrogen-bond acceptors (Lipinski definition) is 4. The number of fused-ring (bicyclic) bond motifs is 1. The number of carbonyl (C=O) groups is 2. The Morgan fingerprint density at radius 1 is 1.45 bits per heavy atom. The summed E-state index contributed by atoms with van der Waals surface area (Å²) < 4.78 is 10.9. The van der Waals surface area contributed by atoms with E-state index in [2.05, 4.69) is 5.32 Å². The van der Waals surface area contributed by atoms with Gasteiger partial charge in [0.05, 0.1) is 17.8 Å². The first-order chi connectivity index (χ1) is 10.6. The second-order valence-electron chi connectivity index (χ2n) is 5.64. The number of rotatable bonds is 4. The maximum Gasteiger partial charge on any atom is 0.265 e. The third-order valence-electron chi connectivity index (χ3n) is 4.02. The highest BCUT2D eigenvalue weighted by atomic mass is 16.5. The van der Waals surface area contributed by atoms with Crippen LogP contribution >= 0.6 is 0 Å². The normalized spacial score (nSPS) is 22.0. The quantitative estimate of drug-likeness (QED) is 0.904. The van der Waals surface area contributed by atoms with Crippen molar-refractivity contribution in [2.45, 2.75) is 31.9 Å². The molecule has 1 aromatic rings. The molecule has 0 aliphatic carbocycles. The minimum atomic E-state index is -0.210. The van der Waals surface area contributed by atoms with Crippen molar-refractivity contribution in [3.63, 3.8) is 0 Å². The van der Waals surface area contributed by atoms with Crippen LogP contribution in [0.15, 0.2) is 24.3 Å². The van der Waals surface area contributed by atoms with Gasteiger partial charge in [-0.25, -0.2) is 0 Å². The van der Waals surface area contributed by atoms with Crippen LogP contribution in [0.25, 0.3) is 0 Å². The molecule has 6 nitrogen and oxygen atoms in total. The molecule has 22 heavy (non-hydrogen) atoms. The largest absolute Gasteiger partial charge is 0.482 e. The van der Waals surface area contributed by atoms with Crippen molar-refractivity contribution in [3.8, 4) is 5.75 Å². The van der Waals surface area contributed by atoms with Crippen molar-refractivity contribution in [1.82, 2.24) is 5.32 Å².